The largest absolute Gasteiger partial charge is 0.331 e. The molecule has 0 unspecified atom stereocenters. The second-order valence-electron chi connectivity index (χ2n) is 5.23. The molecular weight excluding hydrogens is 273 g/mol. The summed E-state index contributed by atoms with van der Waals surface area (Å²) in [6.07, 6.45) is 2.03. The van der Waals surface area contributed by atoms with Crippen molar-refractivity contribution in [3.05, 3.63) is 57.5 Å². The van der Waals surface area contributed by atoms with E-state index in [4.69, 9.17) is 0 Å². The highest BCUT2D eigenvalue weighted by atomic mass is 32.1. The van der Waals surface area contributed by atoms with Gasteiger partial charge in [-0.1, -0.05) is 12.1 Å². The molecule has 0 N–H and O–H groups in total. The number of thiophene rings is 1. The van der Waals surface area contributed by atoms with Crippen molar-refractivity contribution in [2.45, 2.75) is 32.4 Å². The molecule has 0 saturated heterocycles. The van der Waals surface area contributed by atoms with Crippen LogP contribution in [0.4, 0.5) is 4.39 Å². The summed E-state index contributed by atoms with van der Waals surface area (Å²) in [5.41, 5.74) is 1.82. The fourth-order valence-corrected chi connectivity index (χ4v) is 2.96. The Labute approximate surface area is 121 Å². The number of rotatable bonds is 4. The van der Waals surface area contributed by atoms with E-state index in [-0.39, 0.29) is 17.5 Å². The van der Waals surface area contributed by atoms with Crippen LogP contribution in [0.3, 0.4) is 0 Å². The Morgan fingerprint density at radius 3 is 2.85 bits per heavy atom. The average Bonchev–Trinajstić information content (AvgIpc) is 3.15. The summed E-state index contributed by atoms with van der Waals surface area (Å²) in [4.78, 5) is 14.4. The molecule has 1 aliphatic carbocycles. The van der Waals surface area contributed by atoms with Crippen molar-refractivity contribution in [2.24, 2.45) is 0 Å². The van der Waals surface area contributed by atoms with Gasteiger partial charge in [-0.05, 0) is 53.8 Å². The number of aryl methyl sites for hydroxylation is 1. The van der Waals surface area contributed by atoms with Crippen LogP contribution < -0.4 is 0 Å². The molecule has 1 saturated carbocycles. The Morgan fingerprint density at radius 2 is 2.20 bits per heavy atom. The third-order valence-corrected chi connectivity index (χ3v) is 4.34. The number of halogens is 1. The van der Waals surface area contributed by atoms with Crippen molar-refractivity contribution in [3.63, 3.8) is 0 Å². The molecule has 1 fully saturated rings. The van der Waals surface area contributed by atoms with Gasteiger partial charge in [0, 0.05) is 12.6 Å². The molecular formula is C16H16FNOS. The van der Waals surface area contributed by atoms with Gasteiger partial charge in [0.1, 0.15) is 5.82 Å². The number of nitrogens with zero attached hydrogens (tertiary/aromatic N) is 1. The molecule has 0 aliphatic heterocycles. The highest BCUT2D eigenvalue weighted by Crippen LogP contribution is 2.30. The van der Waals surface area contributed by atoms with Crippen LogP contribution in [0.2, 0.25) is 0 Å². The average molecular weight is 289 g/mol. The normalized spacial score (nSPS) is 14.3. The minimum absolute atomic E-state index is 0.187. The number of hydrogen-bond donors (Lipinski definition) is 0. The quantitative estimate of drug-likeness (QED) is 0.833. The number of amides is 1. The maximum absolute atomic E-state index is 14.1. The Bertz CT molecular complexity index is 619. The van der Waals surface area contributed by atoms with Crippen molar-refractivity contribution in [2.75, 3.05) is 0 Å². The number of benzene rings is 1. The van der Waals surface area contributed by atoms with E-state index in [1.165, 1.54) is 0 Å². The van der Waals surface area contributed by atoms with E-state index in [9.17, 15) is 9.18 Å². The van der Waals surface area contributed by atoms with Crippen molar-refractivity contribution in [1.29, 1.82) is 0 Å². The van der Waals surface area contributed by atoms with Gasteiger partial charge in [0.25, 0.3) is 5.91 Å². The van der Waals surface area contributed by atoms with Gasteiger partial charge in [0.15, 0.2) is 0 Å². The summed E-state index contributed by atoms with van der Waals surface area (Å²) in [6.45, 7) is 2.26. The van der Waals surface area contributed by atoms with E-state index in [1.54, 1.807) is 41.4 Å². The van der Waals surface area contributed by atoms with Crippen LogP contribution in [0.15, 0.2) is 35.0 Å². The summed E-state index contributed by atoms with van der Waals surface area (Å²) in [5, 5.41) is 4.04. The fourth-order valence-electron chi connectivity index (χ4n) is 2.30. The summed E-state index contributed by atoms with van der Waals surface area (Å²) < 4.78 is 14.1. The predicted octanol–water partition coefficient (Wildman–Crippen LogP) is 4.00. The molecule has 1 aliphatic rings. The lowest BCUT2D eigenvalue weighted by atomic mass is 10.1. The van der Waals surface area contributed by atoms with Gasteiger partial charge >= 0.3 is 0 Å². The van der Waals surface area contributed by atoms with Gasteiger partial charge in [-0.3, -0.25) is 4.79 Å². The van der Waals surface area contributed by atoms with Crippen molar-refractivity contribution in [3.8, 4) is 0 Å². The second-order valence-corrected chi connectivity index (χ2v) is 6.01. The smallest absolute Gasteiger partial charge is 0.257 e. The minimum Gasteiger partial charge on any atom is -0.331 e. The zero-order valence-electron chi connectivity index (χ0n) is 11.3. The van der Waals surface area contributed by atoms with Crippen LogP contribution in [0.1, 0.15) is 34.3 Å². The van der Waals surface area contributed by atoms with Crippen LogP contribution in [-0.2, 0) is 6.54 Å². The molecule has 1 aromatic heterocycles. The van der Waals surface area contributed by atoms with Gasteiger partial charge in [-0.25, -0.2) is 4.39 Å². The SMILES string of the molecule is Cc1cccc(C(=O)N(Cc2ccsc2)C2CC2)c1F. The lowest BCUT2D eigenvalue weighted by Crippen LogP contribution is -2.33. The number of carbonyl (C=O) groups is 1. The first-order valence-electron chi connectivity index (χ1n) is 6.74. The summed E-state index contributed by atoms with van der Waals surface area (Å²) >= 11 is 1.61. The molecule has 0 spiro atoms. The molecule has 0 atom stereocenters. The van der Waals surface area contributed by atoms with Crippen LogP contribution in [-0.4, -0.2) is 16.8 Å². The molecule has 1 amide bonds. The second kappa shape index (κ2) is 5.37. The van der Waals surface area contributed by atoms with Crippen LogP contribution in [0, 0.1) is 12.7 Å². The molecule has 3 rings (SSSR count). The van der Waals surface area contributed by atoms with Crippen molar-refractivity contribution in [1.82, 2.24) is 4.90 Å². The van der Waals surface area contributed by atoms with Crippen molar-refractivity contribution >= 4 is 17.2 Å². The molecule has 1 heterocycles. The lowest BCUT2D eigenvalue weighted by molar-refractivity contribution is 0.0725. The third kappa shape index (κ3) is 2.61. The molecule has 104 valence electrons. The number of carbonyl (C=O) groups excluding carboxylic acids is 1. The molecule has 2 aromatic rings. The van der Waals surface area contributed by atoms with Crippen LogP contribution in [0.25, 0.3) is 0 Å². The zero-order valence-corrected chi connectivity index (χ0v) is 12.1. The first kappa shape index (κ1) is 13.3. The highest BCUT2D eigenvalue weighted by molar-refractivity contribution is 7.07. The lowest BCUT2D eigenvalue weighted by Gasteiger charge is -2.22. The standard InChI is InChI=1S/C16H16FNOS/c1-11-3-2-4-14(15(11)17)16(19)18(13-5-6-13)9-12-7-8-20-10-12/h2-4,7-8,10,13H,5-6,9H2,1H3. The molecule has 2 nitrogen and oxygen atoms in total. The van der Waals surface area contributed by atoms with Gasteiger partial charge in [0.05, 0.1) is 5.56 Å². The minimum atomic E-state index is -0.395. The van der Waals surface area contributed by atoms with Gasteiger partial charge in [-0.15, -0.1) is 0 Å². The van der Waals surface area contributed by atoms with Gasteiger partial charge < -0.3 is 4.90 Å². The van der Waals surface area contributed by atoms with Crippen molar-refractivity contribution < 1.29 is 9.18 Å². The van der Waals surface area contributed by atoms with Crippen LogP contribution in [0.5, 0.6) is 0 Å². The van der Waals surface area contributed by atoms with E-state index in [0.717, 1.165) is 18.4 Å². The third-order valence-electron chi connectivity index (χ3n) is 3.60. The predicted molar refractivity (Wildman–Crippen MR) is 78.4 cm³/mol. The Morgan fingerprint density at radius 1 is 1.40 bits per heavy atom. The summed E-state index contributed by atoms with van der Waals surface area (Å²) in [6, 6.07) is 7.28. The maximum Gasteiger partial charge on any atom is 0.257 e. The fraction of sp³-hybridized carbons (Fsp3) is 0.312. The van der Waals surface area contributed by atoms with E-state index in [2.05, 4.69) is 0 Å². The topological polar surface area (TPSA) is 20.3 Å². The van der Waals surface area contributed by atoms with E-state index < -0.39 is 5.82 Å². The molecule has 1 aromatic carbocycles. The Kier molecular flexibility index (Phi) is 3.57. The summed E-state index contributed by atoms with van der Waals surface area (Å²) in [5.74, 6) is -0.589. The molecule has 0 radical (unpaired) electrons. The summed E-state index contributed by atoms with van der Waals surface area (Å²) in [7, 11) is 0. The first-order chi connectivity index (χ1) is 9.66. The molecule has 20 heavy (non-hydrogen) atoms. The Hall–Kier alpha value is -1.68. The van der Waals surface area contributed by atoms with E-state index in [1.807, 2.05) is 16.8 Å². The van der Waals surface area contributed by atoms with E-state index in [0.29, 0.717) is 12.1 Å². The van der Waals surface area contributed by atoms with Gasteiger partial charge in [-0.2, -0.15) is 11.3 Å². The molecule has 4 heteroatoms. The van der Waals surface area contributed by atoms with Gasteiger partial charge in [0.2, 0.25) is 0 Å². The highest BCUT2D eigenvalue weighted by Gasteiger charge is 2.34. The van der Waals surface area contributed by atoms with Crippen LogP contribution >= 0.6 is 11.3 Å². The zero-order chi connectivity index (χ0) is 14.1. The van der Waals surface area contributed by atoms with E-state index >= 15 is 0 Å². The first-order valence-corrected chi connectivity index (χ1v) is 7.68. The molecule has 0 bridgehead atoms. The number of hydrogen-bond acceptors (Lipinski definition) is 2. The Balaban J connectivity index is 1.87. The maximum atomic E-state index is 14.1. The monoisotopic (exact) mass is 289 g/mol.